The molecule has 0 saturated carbocycles. The monoisotopic (exact) mass is 318 g/mol. The number of halogens is 1. The highest BCUT2D eigenvalue weighted by Gasteiger charge is 2.12. The Kier molecular flexibility index (Phi) is 3.90. The molecule has 22 heavy (non-hydrogen) atoms. The number of hydrogen-bond acceptors (Lipinski definition) is 4. The molecule has 1 aromatic heterocycles. The van der Waals surface area contributed by atoms with Crippen LogP contribution in [0, 0.1) is 5.82 Å². The molecule has 3 aromatic rings. The van der Waals surface area contributed by atoms with E-state index in [1.165, 1.54) is 13.2 Å². The normalized spacial score (nSPS) is 10.7. The summed E-state index contributed by atoms with van der Waals surface area (Å²) in [7, 11) is 4.70. The Labute approximate surface area is 131 Å². The number of hydrogen-bond donors (Lipinski definition) is 0. The van der Waals surface area contributed by atoms with Crippen molar-refractivity contribution in [1.29, 1.82) is 0 Å². The van der Waals surface area contributed by atoms with Crippen LogP contribution in [0.5, 0.6) is 17.2 Å². The van der Waals surface area contributed by atoms with Gasteiger partial charge in [-0.2, -0.15) is 0 Å². The summed E-state index contributed by atoms with van der Waals surface area (Å²) in [5.74, 6) is 1.34. The summed E-state index contributed by atoms with van der Waals surface area (Å²) < 4.78 is 30.6. The molecule has 0 fully saturated rings. The third-order valence-corrected chi connectivity index (χ3v) is 4.60. The Morgan fingerprint density at radius 3 is 2.27 bits per heavy atom. The molecule has 0 bridgehead atoms. The molecule has 0 spiro atoms. The minimum Gasteiger partial charge on any atom is -0.497 e. The van der Waals surface area contributed by atoms with Crippen LogP contribution >= 0.6 is 11.3 Å². The summed E-state index contributed by atoms with van der Waals surface area (Å²) in [5, 5.41) is 0.986. The molecule has 3 nitrogen and oxygen atoms in total. The van der Waals surface area contributed by atoms with Gasteiger partial charge in [0.2, 0.25) is 0 Å². The summed E-state index contributed by atoms with van der Waals surface area (Å²) in [4.78, 5) is 0.961. The number of thiophene rings is 1. The number of fused-ring (bicyclic) bond motifs is 1. The molecule has 0 aliphatic heterocycles. The summed E-state index contributed by atoms with van der Waals surface area (Å²) >= 11 is 1.56. The molecule has 3 rings (SSSR count). The van der Waals surface area contributed by atoms with E-state index in [4.69, 9.17) is 14.2 Å². The summed E-state index contributed by atoms with van der Waals surface area (Å²) in [6.45, 7) is 0. The average molecular weight is 318 g/mol. The molecule has 0 atom stereocenters. The molecule has 2 aromatic carbocycles. The molecule has 0 amide bonds. The first-order valence-corrected chi connectivity index (χ1v) is 7.47. The van der Waals surface area contributed by atoms with Crippen LogP contribution in [0.15, 0.2) is 36.4 Å². The van der Waals surface area contributed by atoms with Crippen molar-refractivity contribution in [1.82, 2.24) is 0 Å². The van der Waals surface area contributed by atoms with Crippen molar-refractivity contribution in [3.8, 4) is 27.7 Å². The van der Waals surface area contributed by atoms with Gasteiger partial charge in [0.25, 0.3) is 0 Å². The molecule has 114 valence electrons. The Morgan fingerprint density at radius 2 is 1.64 bits per heavy atom. The first-order valence-electron chi connectivity index (χ1n) is 6.65. The fourth-order valence-corrected chi connectivity index (χ4v) is 3.43. The predicted molar refractivity (Wildman–Crippen MR) is 86.9 cm³/mol. The largest absolute Gasteiger partial charge is 0.497 e. The van der Waals surface area contributed by atoms with Crippen LogP contribution in [0.2, 0.25) is 0 Å². The maximum absolute atomic E-state index is 13.9. The van der Waals surface area contributed by atoms with Gasteiger partial charge >= 0.3 is 0 Å². The SMILES string of the molecule is COc1cc(OC)c2cc(-c3ccc(OC)c(F)c3)sc2c1. The number of rotatable bonds is 4. The van der Waals surface area contributed by atoms with Crippen LogP contribution in [-0.2, 0) is 0 Å². The minimum absolute atomic E-state index is 0.240. The lowest BCUT2D eigenvalue weighted by Gasteiger charge is -2.04. The highest BCUT2D eigenvalue weighted by Crippen LogP contribution is 2.41. The molecule has 5 heteroatoms. The maximum atomic E-state index is 13.9. The van der Waals surface area contributed by atoms with Crippen LogP contribution < -0.4 is 14.2 Å². The van der Waals surface area contributed by atoms with Gasteiger partial charge in [-0.25, -0.2) is 4.39 Å². The maximum Gasteiger partial charge on any atom is 0.165 e. The molecular formula is C17H15FO3S. The van der Waals surface area contributed by atoms with E-state index in [9.17, 15) is 4.39 Å². The second kappa shape index (κ2) is 5.85. The molecular weight excluding hydrogens is 303 g/mol. The number of methoxy groups -OCH3 is 3. The van der Waals surface area contributed by atoms with Gasteiger partial charge in [0.15, 0.2) is 11.6 Å². The van der Waals surface area contributed by atoms with Crippen LogP contribution in [0.3, 0.4) is 0 Å². The zero-order chi connectivity index (χ0) is 15.7. The standard InChI is InChI=1S/C17H15FO3S/c1-19-11-7-15(21-3)12-9-16(22-17(12)8-11)10-4-5-14(20-2)13(18)6-10/h4-9H,1-3H3. The first kappa shape index (κ1) is 14.7. The molecule has 0 radical (unpaired) electrons. The third-order valence-electron chi connectivity index (χ3n) is 3.46. The van der Waals surface area contributed by atoms with Gasteiger partial charge in [-0.15, -0.1) is 11.3 Å². The Bertz CT molecular complexity index is 826. The lowest BCUT2D eigenvalue weighted by molar-refractivity contribution is 0.386. The molecule has 0 aliphatic carbocycles. The van der Waals surface area contributed by atoms with E-state index in [-0.39, 0.29) is 11.6 Å². The number of ether oxygens (including phenoxy) is 3. The molecule has 1 heterocycles. The highest BCUT2D eigenvalue weighted by atomic mass is 32.1. The molecule has 0 aliphatic rings. The van der Waals surface area contributed by atoms with Crippen molar-refractivity contribution in [3.05, 3.63) is 42.2 Å². The fourth-order valence-electron chi connectivity index (χ4n) is 2.33. The van der Waals surface area contributed by atoms with Gasteiger partial charge in [0.1, 0.15) is 11.5 Å². The first-order chi connectivity index (χ1) is 10.7. The smallest absolute Gasteiger partial charge is 0.165 e. The quantitative estimate of drug-likeness (QED) is 0.696. The second-order valence-electron chi connectivity index (χ2n) is 4.70. The van der Waals surface area contributed by atoms with E-state index in [0.717, 1.165) is 32.0 Å². The van der Waals surface area contributed by atoms with E-state index in [1.807, 2.05) is 24.3 Å². The van der Waals surface area contributed by atoms with E-state index in [0.29, 0.717) is 0 Å². The Balaban J connectivity index is 2.14. The van der Waals surface area contributed by atoms with Crippen molar-refractivity contribution in [3.63, 3.8) is 0 Å². The average Bonchev–Trinajstić information content (AvgIpc) is 2.97. The van der Waals surface area contributed by atoms with Crippen LogP contribution in [0.4, 0.5) is 4.39 Å². The molecule has 0 N–H and O–H groups in total. The van der Waals surface area contributed by atoms with Gasteiger partial charge in [-0.1, -0.05) is 0 Å². The lowest BCUT2D eigenvalue weighted by atomic mass is 10.1. The van der Waals surface area contributed by atoms with Gasteiger partial charge < -0.3 is 14.2 Å². The second-order valence-corrected chi connectivity index (χ2v) is 5.79. The minimum atomic E-state index is -0.373. The van der Waals surface area contributed by atoms with E-state index in [2.05, 4.69) is 0 Å². The summed E-state index contributed by atoms with van der Waals surface area (Å²) in [6, 6.07) is 10.7. The zero-order valence-electron chi connectivity index (χ0n) is 12.5. The fraction of sp³-hybridized carbons (Fsp3) is 0.176. The molecule has 0 unspecified atom stereocenters. The Hall–Kier alpha value is -2.27. The zero-order valence-corrected chi connectivity index (χ0v) is 13.3. The molecule has 0 saturated heterocycles. The van der Waals surface area contributed by atoms with Crippen LogP contribution in [0.25, 0.3) is 20.5 Å². The Morgan fingerprint density at radius 1 is 0.864 bits per heavy atom. The lowest BCUT2D eigenvalue weighted by Crippen LogP contribution is -1.87. The van der Waals surface area contributed by atoms with Crippen molar-refractivity contribution in [2.45, 2.75) is 0 Å². The van der Waals surface area contributed by atoms with Gasteiger partial charge in [-0.3, -0.25) is 0 Å². The van der Waals surface area contributed by atoms with Gasteiger partial charge in [-0.05, 0) is 35.9 Å². The van der Waals surface area contributed by atoms with Gasteiger partial charge in [0.05, 0.1) is 21.3 Å². The van der Waals surface area contributed by atoms with E-state index >= 15 is 0 Å². The third kappa shape index (κ3) is 2.48. The van der Waals surface area contributed by atoms with E-state index < -0.39 is 0 Å². The van der Waals surface area contributed by atoms with E-state index in [1.54, 1.807) is 31.6 Å². The van der Waals surface area contributed by atoms with Crippen molar-refractivity contribution >= 4 is 21.4 Å². The summed E-state index contributed by atoms with van der Waals surface area (Å²) in [5.41, 5.74) is 0.806. The van der Waals surface area contributed by atoms with Crippen molar-refractivity contribution in [2.24, 2.45) is 0 Å². The predicted octanol–water partition coefficient (Wildman–Crippen LogP) is 4.73. The topological polar surface area (TPSA) is 27.7 Å². The van der Waals surface area contributed by atoms with Crippen molar-refractivity contribution in [2.75, 3.05) is 21.3 Å². The summed E-state index contributed by atoms with van der Waals surface area (Å²) in [6.07, 6.45) is 0. The number of benzene rings is 2. The van der Waals surface area contributed by atoms with Crippen LogP contribution in [-0.4, -0.2) is 21.3 Å². The van der Waals surface area contributed by atoms with Gasteiger partial charge in [0, 0.05) is 21.0 Å². The van der Waals surface area contributed by atoms with Crippen molar-refractivity contribution < 1.29 is 18.6 Å². The highest BCUT2D eigenvalue weighted by molar-refractivity contribution is 7.22. The van der Waals surface area contributed by atoms with Crippen LogP contribution in [0.1, 0.15) is 0 Å².